The highest BCUT2D eigenvalue weighted by atomic mass is 16.8. The first-order chi connectivity index (χ1) is 65.9. The Morgan fingerprint density at radius 2 is 0.396 bits per heavy atom. The van der Waals surface area contributed by atoms with Crippen LogP contribution in [0.4, 0.5) is 0 Å². The fraction of sp³-hybridized carbons (Fsp3) is 0.974. The lowest BCUT2D eigenvalue weighted by molar-refractivity contribution is -0.414. The number of aliphatic hydroxyl groups is 36. The molecule has 0 bridgehead atoms. The summed E-state index contributed by atoms with van der Waals surface area (Å²) in [6.45, 7) is -12.5. The lowest BCUT2D eigenvalue weighted by Gasteiger charge is -2.51. The summed E-state index contributed by atoms with van der Waals surface area (Å²) in [6, 6.07) is -3.77. The van der Waals surface area contributed by atoms with Crippen molar-refractivity contribution in [2.24, 2.45) is 0 Å². The number of hydrogen-bond acceptors (Lipinski definition) is 61. The molecule has 0 aliphatic carbocycles. The number of ether oxygens (including phenoxy) is 23. The minimum Gasteiger partial charge on any atom is -0.394 e. The second kappa shape index (κ2) is 49.8. The van der Waals surface area contributed by atoms with Crippen molar-refractivity contribution >= 4 is 11.8 Å². The van der Waals surface area contributed by atoms with Crippen molar-refractivity contribution < 1.29 is 302 Å². The number of amides is 2. The molecule has 0 saturated carbocycles. The van der Waals surface area contributed by atoms with Gasteiger partial charge in [-0.05, 0) is 0 Å². The van der Waals surface area contributed by atoms with Crippen molar-refractivity contribution in [3.05, 3.63) is 0 Å². The molecule has 2 amide bonds. The normalized spacial score (nSPS) is 51.9. The van der Waals surface area contributed by atoms with E-state index in [2.05, 4.69) is 10.6 Å². The minimum atomic E-state index is -2.76. The lowest BCUT2D eigenvalue weighted by atomic mass is 9.94. The molecule has 12 aliphatic rings. The number of carbonyl (C=O) groups excluding carboxylic acids is 2. The van der Waals surface area contributed by atoms with Crippen LogP contribution in [-0.4, -0.2) is 643 Å². The summed E-state index contributed by atoms with van der Waals surface area (Å²) in [5.41, 5.74) is 0. The van der Waals surface area contributed by atoms with Gasteiger partial charge in [-0.1, -0.05) is 0 Å². The maximum Gasteiger partial charge on any atom is 0.217 e. The van der Waals surface area contributed by atoms with E-state index >= 15 is 0 Å². The third-order valence-electron chi connectivity index (χ3n) is 25.9. The highest BCUT2D eigenvalue weighted by molar-refractivity contribution is 5.73. The zero-order chi connectivity index (χ0) is 102. The third kappa shape index (κ3) is 24.5. The van der Waals surface area contributed by atoms with E-state index < -0.39 is 459 Å². The summed E-state index contributed by atoms with van der Waals surface area (Å²) in [6.07, 6.45) is -131. The topological polar surface area (TPSA) is 999 Å². The predicted octanol–water partition coefficient (Wildman–Crippen LogP) is -26.9. The summed E-state index contributed by atoms with van der Waals surface area (Å²) in [5, 5.41) is 408. The Hall–Kier alpha value is -3.42. The molecule has 0 aromatic carbocycles. The van der Waals surface area contributed by atoms with E-state index in [0.717, 1.165) is 13.8 Å². The molecule has 12 rings (SSSR count). The Kier molecular flexibility index (Phi) is 41.0. The van der Waals surface area contributed by atoms with Crippen LogP contribution in [0.2, 0.25) is 0 Å². The van der Waals surface area contributed by atoms with Gasteiger partial charge >= 0.3 is 0 Å². The third-order valence-corrected chi connectivity index (χ3v) is 25.9. The highest BCUT2D eigenvalue weighted by Crippen LogP contribution is 2.43. The molecule has 12 saturated heterocycles. The van der Waals surface area contributed by atoms with Gasteiger partial charge in [-0.2, -0.15) is 0 Å². The zero-order valence-corrected chi connectivity index (χ0v) is 73.4. The Labute approximate surface area is 784 Å². The molecule has 12 aliphatic heterocycles. The first-order valence-electron chi connectivity index (χ1n) is 44.2. The first-order valence-corrected chi connectivity index (χ1v) is 44.2. The van der Waals surface area contributed by atoms with Gasteiger partial charge in [0.05, 0.1) is 79.3 Å². The Balaban J connectivity index is 0.912. The summed E-state index contributed by atoms with van der Waals surface area (Å²) in [5.74, 6) is -1.86. The van der Waals surface area contributed by atoms with Crippen LogP contribution in [0.1, 0.15) is 13.8 Å². The molecular weight excluding hydrogens is 1920 g/mol. The predicted molar refractivity (Wildman–Crippen MR) is 418 cm³/mol. The van der Waals surface area contributed by atoms with Crippen LogP contribution in [0, 0.1) is 0 Å². The molecule has 808 valence electrons. The van der Waals surface area contributed by atoms with Crippen molar-refractivity contribution in [2.45, 2.75) is 382 Å². The van der Waals surface area contributed by atoms with Gasteiger partial charge in [0.1, 0.15) is 293 Å². The van der Waals surface area contributed by atoms with Crippen LogP contribution >= 0.6 is 0 Å². The van der Waals surface area contributed by atoms with Gasteiger partial charge in [0.15, 0.2) is 75.5 Å². The van der Waals surface area contributed by atoms with Gasteiger partial charge in [0.25, 0.3) is 0 Å². The maximum atomic E-state index is 13.2. The molecule has 0 radical (unpaired) electrons. The fourth-order valence-corrected chi connectivity index (χ4v) is 17.9. The van der Waals surface area contributed by atoms with Crippen LogP contribution in [0.25, 0.3) is 0 Å². The zero-order valence-electron chi connectivity index (χ0n) is 73.4. The molecule has 0 spiro atoms. The summed E-state index contributed by atoms with van der Waals surface area (Å²) in [4.78, 5) is 25.5. The van der Waals surface area contributed by atoms with Crippen LogP contribution < -0.4 is 10.6 Å². The molecule has 38 N–H and O–H groups in total. The smallest absolute Gasteiger partial charge is 0.217 e. The van der Waals surface area contributed by atoms with Gasteiger partial charge in [-0.25, -0.2) is 0 Å². The van der Waals surface area contributed by atoms with Crippen molar-refractivity contribution in [3.63, 3.8) is 0 Å². The quantitative estimate of drug-likeness (QED) is 0.0277. The van der Waals surface area contributed by atoms with Crippen molar-refractivity contribution in [2.75, 3.05) is 79.3 Å². The van der Waals surface area contributed by atoms with Crippen molar-refractivity contribution in [3.8, 4) is 0 Å². The average molecular weight is 2050 g/mol. The molecule has 12 heterocycles. The number of aliphatic hydroxyl groups excluding tert-OH is 36. The standard InChI is InChI=1S/C76H128N2O61/c1-15(89)77-29-41(101)56(25(11-87)119-65(29)116)131-66-30(78-16(2)90)42(102)57(26(12-88)128-66)132-71-55(115)59(134-74-63(49(109)37(97)22(8-84)125-74)138-76-64(50(110)38(98)24(10-86)127-76)139-75-62(48(108)36(96)23(9-85)126-75)137-70-53(113)45(105)33(93)19(5-81)122-70)40(100)28(130-71)13-117-67-54(114)58(133-73-61(47(107)35(95)21(7-83)124-73)136-69-52(112)44(104)32(92)18(4-80)121-69)39(99)27(129-67)14-118-72-60(46(106)34(94)20(6-82)123-72)135-68-51(111)43(103)31(91)17(3-79)120-68/h17-76,79-88,91-116H,3-14H2,1-2H3,(H,77,89)(H,78,90)/t17-,18-,19-,20-,21-,22-,23-,24-,25-,26-,27-,28-,29-,30-,31-,32-,33-,34-,35-,36-,37-,38-,39-,40-,41-,42-,43+,44+,45+,46+,47+,48+,49+,50+,51+,52+,53+,54+,55+,56-,57-,58+,59+,60+,61+,62+,63+,64+,65?,66+,67+,68-,69-,70-,71+,72+,73-,74-,75-,76-/m1/s1. The Morgan fingerprint density at radius 1 is 0.187 bits per heavy atom. The number of hydrogen-bond donors (Lipinski definition) is 38. The van der Waals surface area contributed by atoms with Crippen molar-refractivity contribution in [1.82, 2.24) is 10.6 Å². The van der Waals surface area contributed by atoms with Gasteiger partial charge in [0.2, 0.25) is 11.8 Å². The molecule has 63 heteroatoms. The van der Waals surface area contributed by atoms with E-state index in [1.54, 1.807) is 0 Å². The number of rotatable bonds is 36. The maximum absolute atomic E-state index is 13.2. The second-order valence-electron chi connectivity index (χ2n) is 35.2. The Bertz CT molecular complexity index is 3730. The summed E-state index contributed by atoms with van der Waals surface area (Å²) >= 11 is 0. The van der Waals surface area contributed by atoms with Crippen LogP contribution in [-0.2, 0) is 119 Å². The number of carbonyl (C=O) groups is 2. The molecule has 139 heavy (non-hydrogen) atoms. The minimum absolute atomic E-state index is 0.842. The van der Waals surface area contributed by atoms with Gasteiger partial charge in [-0.15, -0.1) is 0 Å². The summed E-state index contributed by atoms with van der Waals surface area (Å²) in [7, 11) is 0. The first kappa shape index (κ1) is 114. The molecule has 60 atom stereocenters. The second-order valence-corrected chi connectivity index (χ2v) is 35.2. The van der Waals surface area contributed by atoms with E-state index in [0.29, 0.717) is 0 Å². The number of nitrogens with one attached hydrogen (secondary N) is 2. The highest BCUT2D eigenvalue weighted by Gasteiger charge is 2.64. The SMILES string of the molecule is CC(=O)N[C@H]1[C@H](O[C@H]2[C@H](O)[C@@H](NC(C)=O)C(O)O[C@@H]2CO)O[C@H](CO)[C@@H](O[C@@H]2O[C@H](CO[C@H]3O[C@H](CO[C@H]4O[C@H](CO)[C@@H](O)[C@H](O)[C@@H]4O[C@H]4O[C@H](CO)[C@@H](O)[C@H](O)[C@@H]4O)[C@@H](O)[C@H](O[C@H]4O[C@H](CO)[C@@H](O)[C@H](O)[C@@H]4O[C@H]4O[C@H](CO)[C@@H](O)[C@H](O)[C@@H]4O)[C@@H]3O)[C@@H](O)[C@H](O[C@H]3O[C@H](CO)[C@@H](O)[C@H](O)[C@@H]3O[C@H]3O[C@H](CO)[C@@H](O)[C@H](O)[C@@H]3O[C@H]3O[C@H](CO)[C@@H](O)[C@H](O)[C@@H]3O[C@H]3O[C@H](CO)[C@@H](O)[C@H](O)[C@@H]3O)[C@@H]2O)[C@@H]1O. The molecular formula is C76H128N2O61. The average Bonchev–Trinajstić information content (AvgIpc) is 0.762. The molecule has 1 unspecified atom stereocenters. The van der Waals surface area contributed by atoms with Crippen molar-refractivity contribution in [1.29, 1.82) is 0 Å². The van der Waals surface area contributed by atoms with E-state index in [-0.39, 0.29) is 0 Å². The van der Waals surface area contributed by atoms with E-state index in [9.17, 15) is 193 Å². The van der Waals surface area contributed by atoms with Gasteiger partial charge in [0, 0.05) is 13.8 Å². The monoisotopic (exact) mass is 2040 g/mol. The fourth-order valence-electron chi connectivity index (χ4n) is 17.9. The largest absolute Gasteiger partial charge is 0.394 e. The van der Waals surface area contributed by atoms with Gasteiger partial charge < -0.3 is 303 Å². The van der Waals surface area contributed by atoms with E-state index in [4.69, 9.17) is 109 Å². The Morgan fingerprint density at radius 3 is 0.712 bits per heavy atom. The molecule has 0 aromatic heterocycles. The molecule has 0 aromatic rings. The summed E-state index contributed by atoms with van der Waals surface area (Å²) < 4.78 is 136. The van der Waals surface area contributed by atoms with Gasteiger partial charge in [-0.3, -0.25) is 9.59 Å². The molecule has 12 fully saturated rings. The lowest BCUT2D eigenvalue weighted by Crippen LogP contribution is -2.70. The van der Waals surface area contributed by atoms with E-state index in [1.807, 2.05) is 0 Å². The van der Waals surface area contributed by atoms with Crippen LogP contribution in [0.5, 0.6) is 0 Å². The van der Waals surface area contributed by atoms with Crippen LogP contribution in [0.15, 0.2) is 0 Å². The van der Waals surface area contributed by atoms with Crippen LogP contribution in [0.3, 0.4) is 0 Å². The molecule has 63 nitrogen and oxygen atoms in total. The van der Waals surface area contributed by atoms with E-state index in [1.165, 1.54) is 0 Å².